The first kappa shape index (κ1) is 27.3. The molecule has 0 rings (SSSR count). The van der Waals surface area contributed by atoms with Gasteiger partial charge in [-0.2, -0.15) is 0 Å². The highest BCUT2D eigenvalue weighted by Gasteiger charge is 2.31. The summed E-state index contributed by atoms with van der Waals surface area (Å²) in [6.07, 6.45) is 0.573. The van der Waals surface area contributed by atoms with E-state index >= 15 is 0 Å². The lowest BCUT2D eigenvalue weighted by atomic mass is 9.97. The molecule has 0 aromatic carbocycles. The fourth-order valence-corrected chi connectivity index (χ4v) is 2.72. The molecule has 172 valence electrons. The molecule has 0 aliphatic carbocycles. The smallest absolute Gasteiger partial charge is 0.326 e. The van der Waals surface area contributed by atoms with E-state index in [1.165, 1.54) is 0 Å². The van der Waals surface area contributed by atoms with Crippen molar-refractivity contribution < 1.29 is 29.1 Å². The molecule has 0 bridgehead atoms. The Morgan fingerprint density at radius 1 is 0.933 bits per heavy atom. The first-order chi connectivity index (χ1) is 13.9. The number of hydrogen-bond acceptors (Lipinski definition) is 6. The van der Waals surface area contributed by atoms with Gasteiger partial charge in [0.15, 0.2) is 0 Å². The number of carboxylic acids is 1. The molecule has 0 aromatic rings. The van der Waals surface area contributed by atoms with Crippen LogP contribution in [0.1, 0.15) is 53.4 Å². The SMILES string of the molecule is CCC(C)C(NC(=O)C(CC(C)C)NC(=O)C(CCC(N)=O)NC(=O)CN)C(=O)O. The van der Waals surface area contributed by atoms with Gasteiger partial charge in [-0.3, -0.25) is 19.2 Å². The molecule has 0 aliphatic heterocycles. The van der Waals surface area contributed by atoms with Crippen molar-refractivity contribution in [2.45, 2.75) is 71.5 Å². The van der Waals surface area contributed by atoms with Crippen molar-refractivity contribution in [1.82, 2.24) is 16.0 Å². The second-order valence-electron chi connectivity index (χ2n) is 7.73. The zero-order chi connectivity index (χ0) is 23.4. The van der Waals surface area contributed by atoms with Crippen molar-refractivity contribution in [3.8, 4) is 0 Å². The molecular weight excluding hydrogens is 394 g/mol. The third-order valence-corrected chi connectivity index (χ3v) is 4.63. The standard InChI is InChI=1S/C19H35N5O6/c1-5-11(4)16(19(29)30)24-18(28)13(8-10(2)3)23-17(27)12(6-7-14(21)25)22-15(26)9-20/h10-13,16H,5-9,20H2,1-4H3,(H2,21,25)(H,22,26)(H,23,27)(H,24,28)(H,29,30). The molecule has 0 spiro atoms. The second-order valence-corrected chi connectivity index (χ2v) is 7.73. The molecule has 4 unspecified atom stereocenters. The summed E-state index contributed by atoms with van der Waals surface area (Å²) in [6.45, 7) is 6.85. The van der Waals surface area contributed by atoms with Crippen molar-refractivity contribution in [1.29, 1.82) is 0 Å². The molecule has 8 N–H and O–H groups in total. The number of hydrogen-bond donors (Lipinski definition) is 6. The maximum Gasteiger partial charge on any atom is 0.326 e. The number of carbonyl (C=O) groups is 5. The van der Waals surface area contributed by atoms with Crippen LogP contribution in [0.2, 0.25) is 0 Å². The van der Waals surface area contributed by atoms with Crippen LogP contribution in [0.15, 0.2) is 0 Å². The summed E-state index contributed by atoms with van der Waals surface area (Å²) in [5.74, 6) is -4.04. The normalized spacial score (nSPS) is 14.9. The minimum Gasteiger partial charge on any atom is -0.480 e. The van der Waals surface area contributed by atoms with Crippen molar-refractivity contribution >= 4 is 29.6 Å². The van der Waals surface area contributed by atoms with E-state index in [4.69, 9.17) is 11.5 Å². The van der Waals surface area contributed by atoms with E-state index in [1.807, 2.05) is 20.8 Å². The molecule has 0 aromatic heterocycles. The molecule has 30 heavy (non-hydrogen) atoms. The van der Waals surface area contributed by atoms with E-state index < -0.39 is 47.7 Å². The van der Waals surface area contributed by atoms with E-state index in [1.54, 1.807) is 6.92 Å². The molecule has 11 nitrogen and oxygen atoms in total. The number of aliphatic carboxylic acids is 1. The van der Waals surface area contributed by atoms with Gasteiger partial charge in [0, 0.05) is 6.42 Å². The first-order valence-electron chi connectivity index (χ1n) is 10.0. The predicted molar refractivity (Wildman–Crippen MR) is 110 cm³/mol. The lowest BCUT2D eigenvalue weighted by Crippen LogP contribution is -2.57. The predicted octanol–water partition coefficient (Wildman–Crippen LogP) is -1.16. The van der Waals surface area contributed by atoms with Gasteiger partial charge in [-0.25, -0.2) is 4.79 Å². The number of carboxylic acid groups (broad SMARTS) is 1. The molecule has 0 saturated heterocycles. The zero-order valence-electron chi connectivity index (χ0n) is 18.1. The van der Waals surface area contributed by atoms with Crippen LogP contribution >= 0.6 is 0 Å². The van der Waals surface area contributed by atoms with E-state index in [0.717, 1.165) is 0 Å². The summed E-state index contributed by atoms with van der Waals surface area (Å²) in [7, 11) is 0. The van der Waals surface area contributed by atoms with Gasteiger partial charge in [0.25, 0.3) is 0 Å². The highest BCUT2D eigenvalue weighted by atomic mass is 16.4. The highest BCUT2D eigenvalue weighted by molar-refractivity contribution is 5.93. The van der Waals surface area contributed by atoms with Crippen molar-refractivity contribution in [2.24, 2.45) is 23.3 Å². The summed E-state index contributed by atoms with van der Waals surface area (Å²) in [6, 6.07) is -3.23. The minimum atomic E-state index is -1.16. The molecular formula is C19H35N5O6. The van der Waals surface area contributed by atoms with Crippen molar-refractivity contribution in [2.75, 3.05) is 6.54 Å². The van der Waals surface area contributed by atoms with Gasteiger partial charge in [0.1, 0.15) is 18.1 Å². The van der Waals surface area contributed by atoms with Crippen LogP contribution in [0.3, 0.4) is 0 Å². The van der Waals surface area contributed by atoms with Crippen LogP contribution in [0.5, 0.6) is 0 Å². The number of nitrogens with one attached hydrogen (secondary N) is 3. The van der Waals surface area contributed by atoms with Gasteiger partial charge < -0.3 is 32.5 Å². The Labute approximate surface area is 176 Å². The summed E-state index contributed by atoms with van der Waals surface area (Å²) >= 11 is 0. The van der Waals surface area contributed by atoms with Crippen LogP contribution in [0.4, 0.5) is 0 Å². The number of nitrogens with two attached hydrogens (primary N) is 2. The van der Waals surface area contributed by atoms with Crippen LogP contribution < -0.4 is 27.4 Å². The van der Waals surface area contributed by atoms with Crippen LogP contribution in [0.25, 0.3) is 0 Å². The Kier molecular flexibility index (Phi) is 12.3. The fourth-order valence-electron chi connectivity index (χ4n) is 2.72. The monoisotopic (exact) mass is 429 g/mol. The molecule has 4 amide bonds. The molecule has 0 heterocycles. The highest BCUT2D eigenvalue weighted by Crippen LogP contribution is 2.11. The van der Waals surface area contributed by atoms with Crippen LogP contribution in [-0.2, 0) is 24.0 Å². The largest absolute Gasteiger partial charge is 0.480 e. The number of primary amides is 1. The van der Waals surface area contributed by atoms with Gasteiger partial charge in [0.05, 0.1) is 6.54 Å². The van der Waals surface area contributed by atoms with E-state index in [-0.39, 0.29) is 37.6 Å². The Morgan fingerprint density at radius 2 is 1.50 bits per heavy atom. The Balaban J connectivity index is 5.44. The molecule has 0 radical (unpaired) electrons. The topological polar surface area (TPSA) is 194 Å². The average molecular weight is 430 g/mol. The van der Waals surface area contributed by atoms with Gasteiger partial charge in [-0.15, -0.1) is 0 Å². The summed E-state index contributed by atoms with van der Waals surface area (Å²) in [5.41, 5.74) is 10.4. The Morgan fingerprint density at radius 3 is 1.93 bits per heavy atom. The van der Waals surface area contributed by atoms with Gasteiger partial charge in [-0.1, -0.05) is 34.1 Å². The summed E-state index contributed by atoms with van der Waals surface area (Å²) < 4.78 is 0. The fraction of sp³-hybridized carbons (Fsp3) is 0.737. The van der Waals surface area contributed by atoms with Gasteiger partial charge in [0.2, 0.25) is 23.6 Å². The summed E-state index contributed by atoms with van der Waals surface area (Å²) in [5, 5.41) is 16.8. The first-order valence-corrected chi connectivity index (χ1v) is 10.0. The maximum atomic E-state index is 12.7. The van der Waals surface area contributed by atoms with Crippen LogP contribution in [-0.4, -0.2) is 59.4 Å². The molecule has 0 fully saturated rings. The second kappa shape index (κ2) is 13.5. The molecule has 0 aliphatic rings. The lowest BCUT2D eigenvalue weighted by Gasteiger charge is -2.27. The van der Waals surface area contributed by atoms with Crippen molar-refractivity contribution in [3.63, 3.8) is 0 Å². The minimum absolute atomic E-state index is 0.00984. The van der Waals surface area contributed by atoms with E-state index in [9.17, 15) is 29.1 Å². The van der Waals surface area contributed by atoms with Crippen molar-refractivity contribution in [3.05, 3.63) is 0 Å². The quantitative estimate of drug-likeness (QED) is 0.200. The third kappa shape index (κ3) is 10.2. The van der Waals surface area contributed by atoms with E-state index in [0.29, 0.717) is 6.42 Å². The van der Waals surface area contributed by atoms with Crippen LogP contribution in [0, 0.1) is 11.8 Å². The Bertz CT molecular complexity index is 625. The van der Waals surface area contributed by atoms with Gasteiger partial charge >= 0.3 is 5.97 Å². The number of amides is 4. The average Bonchev–Trinajstić information content (AvgIpc) is 2.66. The molecule has 4 atom stereocenters. The lowest BCUT2D eigenvalue weighted by molar-refractivity contribution is -0.144. The molecule has 0 saturated carbocycles. The van der Waals surface area contributed by atoms with Gasteiger partial charge in [-0.05, 0) is 24.7 Å². The maximum absolute atomic E-state index is 12.7. The molecule has 11 heteroatoms. The number of carbonyl (C=O) groups excluding carboxylic acids is 4. The third-order valence-electron chi connectivity index (χ3n) is 4.63. The van der Waals surface area contributed by atoms with E-state index in [2.05, 4.69) is 16.0 Å². The Hall–Kier alpha value is -2.69. The zero-order valence-corrected chi connectivity index (χ0v) is 18.1. The number of rotatable bonds is 14. The summed E-state index contributed by atoms with van der Waals surface area (Å²) in [4.78, 5) is 59.6.